The molecule has 83 heavy (non-hydrogen) atoms. The summed E-state index contributed by atoms with van der Waals surface area (Å²) in [6.07, 6.45) is 20.0. The molecule has 12 rings (SSSR count). The molecule has 0 atom stereocenters. The second-order valence-electron chi connectivity index (χ2n) is 18.7. The molecule has 19 nitrogen and oxygen atoms in total. The van der Waals surface area contributed by atoms with E-state index in [9.17, 15) is 19.2 Å². The number of pyridine rings is 8. The van der Waals surface area contributed by atoms with E-state index < -0.39 is 5.24 Å². The summed E-state index contributed by atoms with van der Waals surface area (Å²) in [5.74, 6) is 1.39. The molecule has 0 unspecified atom stereocenters. The maximum atomic E-state index is 12.5. The van der Waals surface area contributed by atoms with Crippen LogP contribution >= 0.6 is 69.6 Å². The van der Waals surface area contributed by atoms with Gasteiger partial charge in [-0.3, -0.25) is 19.2 Å². The van der Waals surface area contributed by atoms with Crippen molar-refractivity contribution in [1.29, 1.82) is 0 Å². The first-order chi connectivity index (χ1) is 39.3. The van der Waals surface area contributed by atoms with Gasteiger partial charge in [-0.1, -0.05) is 58.0 Å². The molecular weight excluding hydrogens is 1190 g/mol. The minimum atomic E-state index is -0.585. The number of carbonyl (C=O) groups is 4. The zero-order valence-electron chi connectivity index (χ0n) is 46.6. The molecule has 26 heteroatoms. The third-order valence-electron chi connectivity index (χ3n) is 12.2. The van der Waals surface area contributed by atoms with Crippen LogP contribution < -0.4 is 67.2 Å². The summed E-state index contributed by atoms with van der Waals surface area (Å²) in [7, 11) is 0. The first-order valence-electron chi connectivity index (χ1n) is 25.4. The molecule has 8 aromatic rings. The zero-order chi connectivity index (χ0) is 59.0. The molecule has 8 N–H and O–H groups in total. The van der Waals surface area contributed by atoms with Gasteiger partial charge >= 0.3 is 29.6 Å². The predicted octanol–water partition coefficient (Wildman–Crippen LogP) is 10.2. The topological polar surface area (TPSA) is 275 Å². The number of aromatic nitrogens is 8. The molecule has 4 aliphatic rings. The quantitative estimate of drug-likeness (QED) is 0.0469. The Morgan fingerprint density at radius 3 is 1.48 bits per heavy atom. The number of hydrogen-bond donors (Lipinski definition) is 6. The van der Waals surface area contributed by atoms with E-state index in [1.54, 1.807) is 85.7 Å². The van der Waals surface area contributed by atoms with Crippen molar-refractivity contribution in [3.05, 3.63) is 193 Å². The summed E-state index contributed by atoms with van der Waals surface area (Å²) < 4.78 is 0. The Balaban J connectivity index is 0.000000193. The van der Waals surface area contributed by atoms with Crippen molar-refractivity contribution in [3.63, 3.8) is 0 Å². The Morgan fingerprint density at radius 1 is 0.554 bits per heavy atom. The van der Waals surface area contributed by atoms with Gasteiger partial charge in [-0.15, -0.1) is 0 Å². The van der Waals surface area contributed by atoms with Crippen LogP contribution in [0.25, 0.3) is 0 Å². The van der Waals surface area contributed by atoms with E-state index in [0.717, 1.165) is 59.4 Å². The van der Waals surface area contributed by atoms with E-state index in [4.69, 9.17) is 81.1 Å². The van der Waals surface area contributed by atoms with Gasteiger partial charge in [0.1, 0.15) is 21.9 Å². The fraction of sp³-hybridized carbons (Fsp3) is 0.228. The van der Waals surface area contributed by atoms with Gasteiger partial charge in [0.2, 0.25) is 0 Å². The molecule has 0 radical (unpaired) electrons. The van der Waals surface area contributed by atoms with Gasteiger partial charge < -0.3 is 39.1 Å². The number of aryl methyl sites for hydroxylation is 4. The smallest absolute Gasteiger partial charge is 1.00 e. The number of nitrogen functional groups attached to an aromatic ring is 1. The number of fused-ring (bicyclic) bond motifs is 2. The van der Waals surface area contributed by atoms with Gasteiger partial charge in [0.05, 0.1) is 45.0 Å². The monoisotopic (exact) mass is 1250 g/mol. The van der Waals surface area contributed by atoms with Crippen LogP contribution in [0.3, 0.4) is 0 Å². The van der Waals surface area contributed by atoms with Gasteiger partial charge in [-0.2, -0.15) is 0 Å². The van der Waals surface area contributed by atoms with Crippen LogP contribution in [-0.2, 0) is 0 Å². The minimum Gasteiger partial charge on any atom is -1.00 e. The van der Waals surface area contributed by atoms with Crippen LogP contribution in [0.5, 0.6) is 0 Å². The molecule has 0 aromatic carbocycles. The number of carbonyl (C=O) groups excluding carboxylic acids is 4. The Morgan fingerprint density at radius 2 is 1.00 bits per heavy atom. The number of amides is 3. The number of halogens is 6. The molecule has 3 aliphatic carbocycles. The van der Waals surface area contributed by atoms with Crippen molar-refractivity contribution in [2.24, 2.45) is 5.73 Å². The molecule has 0 saturated heterocycles. The number of anilines is 7. The standard InChI is InChI=1S/C15H15ClN4O.C15H14N4O.C12H9Cl2N3O.C6H3Cl2NO.C6H7ClN2.C3H7N.Na.H/c1-9-6-8-17-13(16)12(9)20-15(21)11-3-2-7-18-14(11)19-10-4-5-10;1-9-6-8-17-14-12(9)18-15(20)11-3-2-7-16-13(11)19(14)10-4-5-10;1-7-4-6-16-11(14)9(7)17-12(18)8-3-2-5-15-10(8)13;7-5-4(6(8)10)2-1-3-9-5;1-4-2-3-9-6(7)5(4)8;4-3-1-2-3;;/h2-3,6-8,10H,4-5H2,1H3,(H,18,19)(H,20,21);2-3,6-8,10H,4-5H2,1H3,(H,18,20);2-6H,1H3,(H,17,18);1-3H;2-3H,8H2,1H3;3H,1-2,4H2;;/q;;;;;;+1;-1. The third-order valence-corrected chi connectivity index (χ3v) is 13.9. The molecule has 3 fully saturated rings. The molecular formula is C57H56Cl6N15NaO4. The molecule has 1 aliphatic heterocycles. The molecule has 0 bridgehead atoms. The van der Waals surface area contributed by atoms with Crippen molar-refractivity contribution in [3.8, 4) is 0 Å². The minimum absolute atomic E-state index is 0. The van der Waals surface area contributed by atoms with E-state index in [1.165, 1.54) is 31.3 Å². The Labute approximate surface area is 533 Å². The number of nitrogens with one attached hydrogen (secondary N) is 4. The van der Waals surface area contributed by atoms with Crippen molar-refractivity contribution >= 4 is 133 Å². The van der Waals surface area contributed by atoms with E-state index in [1.807, 2.05) is 45.9 Å². The summed E-state index contributed by atoms with van der Waals surface area (Å²) in [6, 6.07) is 22.1. The van der Waals surface area contributed by atoms with Crippen LogP contribution in [0.15, 0.2) is 122 Å². The average Bonchev–Trinajstić information content (AvgIpc) is 3.51. The van der Waals surface area contributed by atoms with Crippen molar-refractivity contribution in [2.75, 3.05) is 31.9 Å². The summed E-state index contributed by atoms with van der Waals surface area (Å²) in [6.45, 7) is 7.57. The van der Waals surface area contributed by atoms with Crippen LogP contribution in [0.4, 0.5) is 40.2 Å². The average molecular weight is 1250 g/mol. The number of nitrogens with two attached hydrogens (primary N) is 2. The van der Waals surface area contributed by atoms with Gasteiger partial charge in [0.15, 0.2) is 21.3 Å². The zero-order valence-corrected chi connectivity index (χ0v) is 52.1. The third kappa shape index (κ3) is 18.9. The SMILES string of the molecule is Cc1ccnc(Cl)c1N.Cc1ccnc(Cl)c1NC(=O)c1cccnc1Cl.Cc1ccnc(Cl)c1NC(=O)c1cccnc1NC1CC1.Cc1ccnc2c1NC(=O)c1cccnc1N2C1CC1.NC1CC1.O=C(Cl)c1cccnc1Cl.[H-].[Na+]. The normalized spacial score (nSPS) is 13.2. The fourth-order valence-corrected chi connectivity index (χ4v) is 8.49. The molecule has 0 spiro atoms. The van der Waals surface area contributed by atoms with Crippen molar-refractivity contribution in [2.45, 2.75) is 84.3 Å². The van der Waals surface area contributed by atoms with Gasteiger partial charge in [-0.25, -0.2) is 39.9 Å². The fourth-order valence-electron chi connectivity index (χ4n) is 7.16. The first-order valence-corrected chi connectivity index (χ1v) is 27.7. The van der Waals surface area contributed by atoms with E-state index in [0.29, 0.717) is 68.7 Å². The van der Waals surface area contributed by atoms with Crippen LogP contribution in [0, 0.1) is 27.7 Å². The number of rotatable bonds is 8. The molecule has 9 heterocycles. The largest absolute Gasteiger partial charge is 1.00 e. The second-order valence-corrected chi connectivity index (χ2v) is 20.8. The molecule has 3 saturated carbocycles. The van der Waals surface area contributed by atoms with Crippen LogP contribution in [-0.4, -0.2) is 81.0 Å². The summed E-state index contributed by atoms with van der Waals surface area (Å²) in [5, 5.41) is 12.3. The summed E-state index contributed by atoms with van der Waals surface area (Å²) in [5.41, 5.74) is 18.4. The van der Waals surface area contributed by atoms with Crippen molar-refractivity contribution in [1.82, 2.24) is 39.9 Å². The van der Waals surface area contributed by atoms with Gasteiger partial charge in [0, 0.05) is 67.7 Å². The van der Waals surface area contributed by atoms with Crippen molar-refractivity contribution < 1.29 is 50.2 Å². The van der Waals surface area contributed by atoms with Crippen LogP contribution in [0.2, 0.25) is 25.8 Å². The maximum Gasteiger partial charge on any atom is 1.00 e. The predicted molar refractivity (Wildman–Crippen MR) is 326 cm³/mol. The number of hydrogen-bond acceptors (Lipinski definition) is 16. The van der Waals surface area contributed by atoms with Gasteiger partial charge in [-0.05, 0) is 173 Å². The number of nitrogens with zero attached hydrogens (tertiary/aromatic N) is 9. The maximum absolute atomic E-state index is 12.5. The first kappa shape index (κ1) is 65.5. The summed E-state index contributed by atoms with van der Waals surface area (Å²) in [4.78, 5) is 81.8. The molecule has 8 aromatic heterocycles. The van der Waals surface area contributed by atoms with E-state index in [-0.39, 0.29) is 74.9 Å². The Hall–Kier alpha value is -6.62. The van der Waals surface area contributed by atoms with Crippen LogP contribution in [0.1, 0.15) is 104 Å². The van der Waals surface area contributed by atoms with Gasteiger partial charge in [0.25, 0.3) is 23.0 Å². The molecule has 426 valence electrons. The second kappa shape index (κ2) is 31.3. The summed E-state index contributed by atoms with van der Waals surface area (Å²) >= 11 is 34.0. The molecule has 3 amide bonds. The van der Waals surface area contributed by atoms with E-state index >= 15 is 0 Å². The Bertz CT molecular complexity index is 3540. The Kier molecular flexibility index (Phi) is 24.7. The van der Waals surface area contributed by atoms with E-state index in [2.05, 4.69) is 66.0 Å².